The lowest BCUT2D eigenvalue weighted by Gasteiger charge is -2.35. The number of nitrogens with zero attached hydrogens (tertiary/aromatic N) is 1. The Morgan fingerprint density at radius 1 is 1.14 bits per heavy atom. The molecule has 1 aliphatic rings. The zero-order chi connectivity index (χ0) is 20.6. The van der Waals surface area contributed by atoms with Crippen LogP contribution in [0.5, 0.6) is 0 Å². The molecular formula is C20H29ClF3N3O2. The molecular weight excluding hydrogens is 407 g/mol. The minimum absolute atomic E-state index is 0. The molecule has 0 radical (unpaired) electrons. The van der Waals surface area contributed by atoms with Gasteiger partial charge in [-0.2, -0.15) is 13.2 Å². The van der Waals surface area contributed by atoms with Gasteiger partial charge in [0.05, 0.1) is 0 Å². The molecule has 1 aromatic rings. The summed E-state index contributed by atoms with van der Waals surface area (Å²) in [6.07, 6.45) is -2.61. The van der Waals surface area contributed by atoms with Crippen molar-refractivity contribution in [3.05, 3.63) is 35.4 Å². The molecule has 1 atom stereocenters. The number of Topliss-reactive ketones (excluding diaryl/α,β-unsaturated/α-hetero) is 1. The van der Waals surface area contributed by atoms with E-state index >= 15 is 0 Å². The SMILES string of the molecule is CCCc1ccc(C(=O)CCC(=O)NCC(N2CCNCC2)C(F)(F)F)cc1.Cl. The number of aryl methyl sites for hydroxylation is 1. The van der Waals surface area contributed by atoms with Crippen LogP contribution in [0.15, 0.2) is 24.3 Å². The average Bonchev–Trinajstić information content (AvgIpc) is 2.67. The van der Waals surface area contributed by atoms with Gasteiger partial charge in [0.2, 0.25) is 5.91 Å². The van der Waals surface area contributed by atoms with Crippen LogP contribution < -0.4 is 10.6 Å². The van der Waals surface area contributed by atoms with Crippen LogP contribution in [0, 0.1) is 0 Å². The van der Waals surface area contributed by atoms with E-state index in [2.05, 4.69) is 17.6 Å². The standard InChI is InChI=1S/C20H28F3N3O2.ClH/c1-2-3-15-4-6-16(7-5-15)17(27)8-9-19(28)25-14-18(20(21,22)23)26-12-10-24-11-13-26;/h4-7,18,24H,2-3,8-14H2,1H3,(H,25,28);1H. The van der Waals surface area contributed by atoms with Gasteiger partial charge in [-0.05, 0) is 12.0 Å². The van der Waals surface area contributed by atoms with Gasteiger partial charge < -0.3 is 10.6 Å². The maximum atomic E-state index is 13.3. The molecule has 1 unspecified atom stereocenters. The number of carbonyl (C=O) groups is 2. The summed E-state index contributed by atoms with van der Waals surface area (Å²) in [5, 5.41) is 5.36. The number of benzene rings is 1. The summed E-state index contributed by atoms with van der Waals surface area (Å²) < 4.78 is 39.9. The van der Waals surface area contributed by atoms with Gasteiger partial charge >= 0.3 is 6.18 Å². The van der Waals surface area contributed by atoms with Crippen LogP contribution >= 0.6 is 12.4 Å². The van der Waals surface area contributed by atoms with Crippen molar-refractivity contribution in [3.8, 4) is 0 Å². The Balaban J connectivity index is 0.00000420. The Morgan fingerprint density at radius 2 is 1.76 bits per heavy atom. The molecule has 0 saturated carbocycles. The molecule has 1 amide bonds. The van der Waals surface area contributed by atoms with Gasteiger partial charge in [0.15, 0.2) is 5.78 Å². The van der Waals surface area contributed by atoms with Crippen molar-refractivity contribution in [1.29, 1.82) is 0 Å². The van der Waals surface area contributed by atoms with Crippen molar-refractivity contribution < 1.29 is 22.8 Å². The predicted molar refractivity (Wildman–Crippen MR) is 109 cm³/mol. The molecule has 0 bridgehead atoms. The van der Waals surface area contributed by atoms with Gasteiger partial charge in [-0.15, -0.1) is 12.4 Å². The molecule has 1 saturated heterocycles. The van der Waals surface area contributed by atoms with E-state index in [-0.39, 0.29) is 44.1 Å². The molecule has 1 heterocycles. The number of carbonyl (C=O) groups excluding carboxylic acids is 2. The number of rotatable bonds is 9. The molecule has 9 heteroatoms. The molecule has 1 aromatic carbocycles. The number of hydrogen-bond acceptors (Lipinski definition) is 4. The lowest BCUT2D eigenvalue weighted by molar-refractivity contribution is -0.184. The topological polar surface area (TPSA) is 61.4 Å². The number of alkyl halides is 3. The Bertz CT molecular complexity index is 647. The van der Waals surface area contributed by atoms with E-state index in [9.17, 15) is 22.8 Å². The van der Waals surface area contributed by atoms with E-state index < -0.39 is 24.7 Å². The summed E-state index contributed by atoms with van der Waals surface area (Å²) in [5.74, 6) is -0.729. The quantitative estimate of drug-likeness (QED) is 0.585. The van der Waals surface area contributed by atoms with Crippen LogP contribution in [-0.4, -0.2) is 61.5 Å². The minimum Gasteiger partial charge on any atom is -0.354 e. The van der Waals surface area contributed by atoms with E-state index in [1.54, 1.807) is 12.1 Å². The highest BCUT2D eigenvalue weighted by Gasteiger charge is 2.43. The van der Waals surface area contributed by atoms with Crippen molar-refractivity contribution in [1.82, 2.24) is 15.5 Å². The van der Waals surface area contributed by atoms with Crippen molar-refractivity contribution in [3.63, 3.8) is 0 Å². The van der Waals surface area contributed by atoms with E-state index in [1.165, 1.54) is 4.90 Å². The van der Waals surface area contributed by atoms with E-state index in [4.69, 9.17) is 0 Å². The number of piperazine rings is 1. The number of ketones is 1. The molecule has 0 aromatic heterocycles. The molecule has 1 aliphatic heterocycles. The molecule has 2 rings (SSSR count). The Labute approximate surface area is 175 Å². The third-order valence-corrected chi connectivity index (χ3v) is 4.86. The van der Waals surface area contributed by atoms with Crippen molar-refractivity contribution in [2.45, 2.75) is 44.8 Å². The van der Waals surface area contributed by atoms with Crippen LogP contribution in [0.25, 0.3) is 0 Å². The van der Waals surface area contributed by atoms with Crippen molar-refractivity contribution in [2.24, 2.45) is 0 Å². The van der Waals surface area contributed by atoms with Gasteiger partial charge in [-0.3, -0.25) is 14.5 Å². The fraction of sp³-hybridized carbons (Fsp3) is 0.600. The maximum absolute atomic E-state index is 13.3. The van der Waals surface area contributed by atoms with E-state index in [0.717, 1.165) is 18.4 Å². The first-order valence-electron chi connectivity index (χ1n) is 9.71. The second kappa shape index (κ2) is 12.1. The summed E-state index contributed by atoms with van der Waals surface area (Å²) in [4.78, 5) is 25.5. The smallest absolute Gasteiger partial charge is 0.354 e. The summed E-state index contributed by atoms with van der Waals surface area (Å²) >= 11 is 0. The zero-order valence-corrected chi connectivity index (χ0v) is 17.4. The zero-order valence-electron chi connectivity index (χ0n) is 16.6. The van der Waals surface area contributed by atoms with Crippen LogP contribution in [0.3, 0.4) is 0 Å². The van der Waals surface area contributed by atoms with Crippen LogP contribution in [0.2, 0.25) is 0 Å². The first-order chi connectivity index (χ1) is 13.3. The maximum Gasteiger partial charge on any atom is 0.405 e. The molecule has 0 aliphatic carbocycles. The highest BCUT2D eigenvalue weighted by molar-refractivity contribution is 5.97. The second-order valence-electron chi connectivity index (χ2n) is 7.02. The number of nitrogens with one attached hydrogen (secondary N) is 2. The third kappa shape index (κ3) is 8.32. The number of hydrogen-bond donors (Lipinski definition) is 2. The molecule has 1 fully saturated rings. The largest absolute Gasteiger partial charge is 0.405 e. The first-order valence-corrected chi connectivity index (χ1v) is 9.71. The highest BCUT2D eigenvalue weighted by Crippen LogP contribution is 2.24. The normalized spacial score (nSPS) is 16.0. The molecule has 0 spiro atoms. The van der Waals surface area contributed by atoms with Crippen LogP contribution in [-0.2, 0) is 11.2 Å². The molecule has 164 valence electrons. The third-order valence-electron chi connectivity index (χ3n) is 4.86. The first kappa shape index (κ1) is 25.4. The molecule has 2 N–H and O–H groups in total. The summed E-state index contributed by atoms with van der Waals surface area (Å²) in [6, 6.07) is 5.53. The summed E-state index contributed by atoms with van der Waals surface area (Å²) in [6.45, 7) is 3.13. The number of amides is 1. The van der Waals surface area contributed by atoms with Gasteiger partial charge in [0.1, 0.15) is 6.04 Å². The summed E-state index contributed by atoms with van der Waals surface area (Å²) in [5.41, 5.74) is 1.66. The van der Waals surface area contributed by atoms with Gasteiger partial charge in [0.25, 0.3) is 0 Å². The fourth-order valence-corrected chi connectivity index (χ4v) is 3.26. The Hall–Kier alpha value is -1.64. The highest BCUT2D eigenvalue weighted by atomic mass is 35.5. The molecule has 5 nitrogen and oxygen atoms in total. The summed E-state index contributed by atoms with van der Waals surface area (Å²) in [7, 11) is 0. The van der Waals surface area contributed by atoms with Crippen molar-refractivity contribution in [2.75, 3.05) is 32.7 Å². The lowest BCUT2D eigenvalue weighted by atomic mass is 10.0. The van der Waals surface area contributed by atoms with Crippen molar-refractivity contribution >= 4 is 24.1 Å². The van der Waals surface area contributed by atoms with Crippen LogP contribution in [0.1, 0.15) is 42.1 Å². The second-order valence-corrected chi connectivity index (χ2v) is 7.02. The predicted octanol–water partition coefficient (Wildman–Crippen LogP) is 2.98. The van der Waals surface area contributed by atoms with Crippen LogP contribution in [0.4, 0.5) is 13.2 Å². The molecule has 29 heavy (non-hydrogen) atoms. The lowest BCUT2D eigenvalue weighted by Crippen LogP contribution is -2.57. The van der Waals surface area contributed by atoms with Gasteiger partial charge in [0, 0.05) is 51.1 Å². The minimum atomic E-state index is -4.42. The van der Waals surface area contributed by atoms with E-state index in [0.29, 0.717) is 18.7 Å². The van der Waals surface area contributed by atoms with Gasteiger partial charge in [-0.25, -0.2) is 0 Å². The van der Waals surface area contributed by atoms with E-state index in [1.807, 2.05) is 12.1 Å². The Kier molecular flexibility index (Phi) is 10.6. The monoisotopic (exact) mass is 435 g/mol. The van der Waals surface area contributed by atoms with Gasteiger partial charge in [-0.1, -0.05) is 37.6 Å². The number of halogens is 4. The average molecular weight is 436 g/mol. The Morgan fingerprint density at radius 3 is 2.31 bits per heavy atom. The fourth-order valence-electron chi connectivity index (χ4n) is 3.26.